The zero-order valence-electron chi connectivity index (χ0n) is 9.35. The Morgan fingerprint density at radius 2 is 1.78 bits per heavy atom. The molecule has 0 aliphatic carbocycles. The quantitative estimate of drug-likeness (QED) is 0.510. The van der Waals surface area contributed by atoms with Gasteiger partial charge in [-0.3, -0.25) is 0 Å². The van der Waals surface area contributed by atoms with Crippen LogP contribution in [0, 0.1) is 0 Å². The lowest BCUT2D eigenvalue weighted by atomic mass is 10.5. The fraction of sp³-hybridized carbons (Fsp3) is 0. The third kappa shape index (κ3) is 4.11. The number of nitrogens with two attached hydrogens (primary N) is 1. The Morgan fingerprint density at radius 1 is 1.11 bits per heavy atom. The molecular weight excluding hydrogens is 266 g/mol. The maximum Gasteiger partial charge on any atom is 0.234 e. The summed E-state index contributed by atoms with van der Waals surface area (Å²) in [6.45, 7) is 0. The summed E-state index contributed by atoms with van der Waals surface area (Å²) in [5.74, 6) is 0.149. The first kappa shape index (κ1) is 12.5. The molecule has 0 spiro atoms. The van der Waals surface area contributed by atoms with Crippen molar-refractivity contribution in [3.05, 3.63) is 44.8 Å². The van der Waals surface area contributed by atoms with Crippen molar-refractivity contribution in [1.82, 2.24) is 5.43 Å². The second-order valence-corrected chi connectivity index (χ2v) is 5.09. The third-order valence-corrected chi connectivity index (χ3v) is 3.42. The summed E-state index contributed by atoms with van der Waals surface area (Å²) in [7, 11) is 0. The van der Waals surface area contributed by atoms with Crippen molar-refractivity contribution >= 4 is 41.1 Å². The molecule has 0 aliphatic heterocycles. The first-order chi connectivity index (χ1) is 8.84. The number of nitrogens with one attached hydrogen (secondary N) is 1. The van der Waals surface area contributed by atoms with Crippen molar-refractivity contribution in [3.63, 3.8) is 0 Å². The van der Waals surface area contributed by atoms with E-state index >= 15 is 0 Å². The van der Waals surface area contributed by atoms with Gasteiger partial charge in [-0.05, 0) is 22.9 Å². The number of nitrogens with zero attached hydrogens (tertiary/aromatic N) is 3. The molecule has 2 aromatic rings. The Bertz CT molecular complexity index is 540. The summed E-state index contributed by atoms with van der Waals surface area (Å²) in [6.07, 6.45) is 3.32. The summed E-state index contributed by atoms with van der Waals surface area (Å²) in [6, 6.07) is 7.80. The van der Waals surface area contributed by atoms with Gasteiger partial charge in [0.15, 0.2) is 0 Å². The molecule has 5 nitrogen and oxygen atoms in total. The molecule has 0 saturated carbocycles. The lowest BCUT2D eigenvalue weighted by Crippen LogP contribution is -2.26. The molecule has 2 aromatic heterocycles. The van der Waals surface area contributed by atoms with Gasteiger partial charge >= 0.3 is 0 Å². The number of guanidine groups is 1. The lowest BCUT2D eigenvalue weighted by Gasteiger charge is -1.94. The minimum Gasteiger partial charge on any atom is -0.367 e. The van der Waals surface area contributed by atoms with Crippen molar-refractivity contribution in [3.8, 4) is 0 Å². The van der Waals surface area contributed by atoms with E-state index in [1.165, 1.54) is 0 Å². The third-order valence-electron chi connectivity index (χ3n) is 1.81. The zero-order valence-corrected chi connectivity index (χ0v) is 11.0. The van der Waals surface area contributed by atoms with E-state index in [4.69, 9.17) is 5.73 Å². The first-order valence-corrected chi connectivity index (χ1v) is 6.83. The normalized spacial score (nSPS) is 12.6. The van der Waals surface area contributed by atoms with Crippen LogP contribution in [0.3, 0.4) is 0 Å². The lowest BCUT2D eigenvalue weighted by molar-refractivity contribution is 0.995. The summed E-state index contributed by atoms with van der Waals surface area (Å²) in [4.78, 5) is 2.06. The highest BCUT2D eigenvalue weighted by atomic mass is 32.1. The van der Waals surface area contributed by atoms with Crippen molar-refractivity contribution < 1.29 is 0 Å². The second-order valence-electron chi connectivity index (χ2n) is 3.13. The van der Waals surface area contributed by atoms with E-state index in [0.29, 0.717) is 0 Å². The summed E-state index contributed by atoms with van der Waals surface area (Å²) in [5, 5.41) is 15.5. The number of thiophene rings is 2. The van der Waals surface area contributed by atoms with Crippen LogP contribution in [0.2, 0.25) is 0 Å². The number of hydrogen-bond acceptors (Lipinski definition) is 5. The van der Waals surface area contributed by atoms with E-state index in [9.17, 15) is 0 Å². The molecule has 3 N–H and O–H groups in total. The predicted molar refractivity (Wildman–Crippen MR) is 78.6 cm³/mol. The van der Waals surface area contributed by atoms with Crippen LogP contribution in [0.1, 0.15) is 9.75 Å². The van der Waals surface area contributed by atoms with Gasteiger partial charge in [-0.25, -0.2) is 5.43 Å². The monoisotopic (exact) mass is 277 g/mol. The van der Waals surface area contributed by atoms with E-state index in [1.807, 2.05) is 35.0 Å². The van der Waals surface area contributed by atoms with E-state index in [2.05, 4.69) is 20.7 Å². The summed E-state index contributed by atoms with van der Waals surface area (Å²) < 4.78 is 0. The van der Waals surface area contributed by atoms with E-state index in [1.54, 1.807) is 35.1 Å². The van der Waals surface area contributed by atoms with Gasteiger partial charge in [0, 0.05) is 9.75 Å². The Balaban J connectivity index is 1.82. The predicted octanol–water partition coefficient (Wildman–Crippen LogP) is 2.08. The summed E-state index contributed by atoms with van der Waals surface area (Å²) in [5.41, 5.74) is 8.17. The molecule has 18 heavy (non-hydrogen) atoms. The zero-order chi connectivity index (χ0) is 12.6. The highest BCUT2D eigenvalue weighted by Crippen LogP contribution is 2.05. The number of hydrazone groups is 1. The highest BCUT2D eigenvalue weighted by Gasteiger charge is 1.89. The minimum atomic E-state index is 0.149. The molecular formula is C11H11N5S2. The number of hydrogen-bond donors (Lipinski definition) is 2. The molecule has 0 fully saturated rings. The highest BCUT2D eigenvalue weighted by molar-refractivity contribution is 7.12. The molecule has 0 bridgehead atoms. The van der Waals surface area contributed by atoms with Gasteiger partial charge in [-0.1, -0.05) is 12.1 Å². The smallest absolute Gasteiger partial charge is 0.234 e. The van der Waals surface area contributed by atoms with Crippen LogP contribution >= 0.6 is 22.7 Å². The van der Waals surface area contributed by atoms with E-state index in [-0.39, 0.29) is 5.96 Å². The van der Waals surface area contributed by atoms with Crippen LogP contribution in [0.15, 0.2) is 50.3 Å². The van der Waals surface area contributed by atoms with Crippen LogP contribution in [0.5, 0.6) is 0 Å². The molecule has 2 heterocycles. The van der Waals surface area contributed by atoms with Crippen molar-refractivity contribution in [1.29, 1.82) is 0 Å². The summed E-state index contributed by atoms with van der Waals surface area (Å²) >= 11 is 3.18. The first-order valence-electron chi connectivity index (χ1n) is 5.07. The number of rotatable bonds is 4. The van der Waals surface area contributed by atoms with E-state index < -0.39 is 0 Å². The molecule has 92 valence electrons. The molecule has 0 atom stereocenters. The fourth-order valence-corrected chi connectivity index (χ4v) is 2.23. The Morgan fingerprint density at radius 3 is 2.39 bits per heavy atom. The fourth-order valence-electron chi connectivity index (χ4n) is 1.06. The van der Waals surface area contributed by atoms with Crippen LogP contribution in [-0.4, -0.2) is 18.4 Å². The average molecular weight is 277 g/mol. The Kier molecular flexibility index (Phi) is 4.62. The molecule has 7 heteroatoms. The Labute approximate surface area is 112 Å². The molecule has 0 unspecified atom stereocenters. The van der Waals surface area contributed by atoms with Crippen LogP contribution in [-0.2, 0) is 0 Å². The molecule has 0 aliphatic rings. The van der Waals surface area contributed by atoms with Gasteiger partial charge in [0.1, 0.15) is 0 Å². The van der Waals surface area contributed by atoms with Gasteiger partial charge in [0.25, 0.3) is 0 Å². The van der Waals surface area contributed by atoms with Crippen molar-refractivity contribution in [2.45, 2.75) is 0 Å². The molecule has 0 amide bonds. The maximum absolute atomic E-state index is 5.57. The molecule has 0 aromatic carbocycles. The van der Waals surface area contributed by atoms with Crippen LogP contribution in [0.4, 0.5) is 0 Å². The minimum absolute atomic E-state index is 0.149. The van der Waals surface area contributed by atoms with Gasteiger partial charge in [0.05, 0.1) is 12.4 Å². The van der Waals surface area contributed by atoms with Crippen molar-refractivity contribution in [2.24, 2.45) is 21.0 Å². The SMILES string of the molecule is NC(=NN=Cc1cccs1)NN=Cc1cccs1. The van der Waals surface area contributed by atoms with Gasteiger partial charge < -0.3 is 5.73 Å². The van der Waals surface area contributed by atoms with Crippen LogP contribution in [0.25, 0.3) is 0 Å². The molecule has 0 radical (unpaired) electrons. The van der Waals surface area contributed by atoms with Gasteiger partial charge in [-0.2, -0.15) is 10.2 Å². The molecule has 2 rings (SSSR count). The second kappa shape index (κ2) is 6.67. The van der Waals surface area contributed by atoms with Gasteiger partial charge in [-0.15, -0.1) is 27.8 Å². The molecule has 0 saturated heterocycles. The average Bonchev–Trinajstić information content (AvgIpc) is 3.01. The van der Waals surface area contributed by atoms with Crippen LogP contribution < -0.4 is 11.2 Å². The standard InChI is InChI=1S/C11H11N5S2/c12-11(15-13-7-9-3-1-5-17-9)16-14-8-10-4-2-6-18-10/h1-8H,(H3,12,15,16). The van der Waals surface area contributed by atoms with E-state index in [0.717, 1.165) is 9.75 Å². The maximum atomic E-state index is 5.57. The van der Waals surface area contributed by atoms with Crippen molar-refractivity contribution in [2.75, 3.05) is 0 Å². The topological polar surface area (TPSA) is 75.1 Å². The largest absolute Gasteiger partial charge is 0.367 e. The Hall–Kier alpha value is -1.99. The van der Waals surface area contributed by atoms with Gasteiger partial charge in [0.2, 0.25) is 5.96 Å².